The number of piperidine rings is 1. The van der Waals surface area contributed by atoms with Crippen molar-refractivity contribution >= 4 is 10.0 Å². The van der Waals surface area contributed by atoms with Crippen molar-refractivity contribution in [2.24, 2.45) is 0 Å². The van der Waals surface area contributed by atoms with Crippen LogP contribution in [0.1, 0.15) is 36.3 Å². The first-order valence-corrected chi connectivity index (χ1v) is 13.8. The van der Waals surface area contributed by atoms with Gasteiger partial charge in [0.2, 0.25) is 10.0 Å². The van der Waals surface area contributed by atoms with Crippen LogP contribution >= 0.6 is 0 Å². The molecule has 1 atom stereocenters. The van der Waals surface area contributed by atoms with Gasteiger partial charge in [0.1, 0.15) is 0 Å². The van der Waals surface area contributed by atoms with Crippen molar-refractivity contribution in [2.45, 2.75) is 35.5 Å². The van der Waals surface area contributed by atoms with E-state index in [0.29, 0.717) is 11.4 Å². The summed E-state index contributed by atoms with van der Waals surface area (Å²) in [5, 5.41) is 10.2. The van der Waals surface area contributed by atoms with Gasteiger partial charge in [-0.15, -0.1) is 0 Å². The van der Waals surface area contributed by atoms with E-state index in [1.807, 2.05) is 42.5 Å². The summed E-state index contributed by atoms with van der Waals surface area (Å²) in [4.78, 5) is 2.78. The molecule has 0 aromatic heterocycles. The van der Waals surface area contributed by atoms with Crippen molar-refractivity contribution in [1.29, 1.82) is 0 Å². The lowest BCUT2D eigenvalue weighted by Crippen LogP contribution is -2.45. The van der Waals surface area contributed by atoms with Gasteiger partial charge in [0, 0.05) is 19.0 Å². The number of benzene rings is 3. The normalized spacial score (nSPS) is 17.3. The predicted molar refractivity (Wildman–Crippen MR) is 141 cm³/mol. The SMILES string of the molecule is CN(CC(CCN1CCC(CO)(c2ccccc2)CC1)c1ccccc1)S(=O)(=O)c1ccccc1. The van der Waals surface area contributed by atoms with Crippen LogP contribution in [-0.2, 0) is 15.4 Å². The third-order valence-electron chi connectivity index (χ3n) is 7.50. The zero-order chi connectivity index (χ0) is 24.7. The second-order valence-corrected chi connectivity index (χ2v) is 11.7. The third-order valence-corrected chi connectivity index (χ3v) is 9.33. The van der Waals surface area contributed by atoms with Crippen molar-refractivity contribution in [3.05, 3.63) is 102 Å². The molecule has 186 valence electrons. The number of rotatable bonds is 10. The molecule has 1 unspecified atom stereocenters. The van der Waals surface area contributed by atoms with Crippen molar-refractivity contribution in [3.63, 3.8) is 0 Å². The molecule has 1 aliphatic heterocycles. The van der Waals surface area contributed by atoms with E-state index in [9.17, 15) is 13.5 Å². The molecule has 1 aliphatic rings. The van der Waals surface area contributed by atoms with E-state index in [4.69, 9.17) is 0 Å². The van der Waals surface area contributed by atoms with Crippen LogP contribution in [0.3, 0.4) is 0 Å². The van der Waals surface area contributed by atoms with Crippen LogP contribution < -0.4 is 0 Å². The van der Waals surface area contributed by atoms with E-state index >= 15 is 0 Å². The number of aliphatic hydroxyl groups is 1. The van der Waals surface area contributed by atoms with Crippen molar-refractivity contribution in [2.75, 3.05) is 39.8 Å². The highest BCUT2D eigenvalue weighted by molar-refractivity contribution is 7.89. The van der Waals surface area contributed by atoms with E-state index in [1.54, 1.807) is 31.3 Å². The van der Waals surface area contributed by atoms with Crippen molar-refractivity contribution < 1.29 is 13.5 Å². The van der Waals surface area contributed by atoms with E-state index < -0.39 is 10.0 Å². The fourth-order valence-corrected chi connectivity index (χ4v) is 6.38. The monoisotopic (exact) mass is 492 g/mol. The van der Waals surface area contributed by atoms with Gasteiger partial charge >= 0.3 is 0 Å². The van der Waals surface area contributed by atoms with Gasteiger partial charge in [-0.2, -0.15) is 0 Å². The molecule has 1 heterocycles. The Kier molecular flexibility index (Phi) is 8.39. The molecule has 6 heteroatoms. The molecule has 1 fully saturated rings. The Morgan fingerprint density at radius 2 is 1.43 bits per heavy atom. The Morgan fingerprint density at radius 1 is 0.886 bits per heavy atom. The fraction of sp³-hybridized carbons (Fsp3) is 0.379. The van der Waals surface area contributed by atoms with Crippen LogP contribution in [0.15, 0.2) is 95.9 Å². The summed E-state index contributed by atoms with van der Waals surface area (Å²) in [7, 11) is -1.87. The average molecular weight is 493 g/mol. The zero-order valence-corrected chi connectivity index (χ0v) is 21.3. The highest BCUT2D eigenvalue weighted by atomic mass is 32.2. The first kappa shape index (κ1) is 25.6. The maximum atomic E-state index is 13.1. The minimum atomic E-state index is -3.54. The Labute approximate surface area is 210 Å². The van der Waals surface area contributed by atoms with E-state index in [1.165, 1.54) is 9.87 Å². The number of nitrogens with zero attached hydrogens (tertiary/aromatic N) is 2. The molecule has 5 nitrogen and oxygen atoms in total. The Hall–Kier alpha value is -2.51. The summed E-state index contributed by atoms with van der Waals surface area (Å²) in [6.45, 7) is 3.35. The Balaban J connectivity index is 1.42. The van der Waals surface area contributed by atoms with Crippen LogP contribution in [0.25, 0.3) is 0 Å². The van der Waals surface area contributed by atoms with Crippen LogP contribution in [0, 0.1) is 0 Å². The van der Waals surface area contributed by atoms with Gasteiger partial charge < -0.3 is 10.0 Å². The van der Waals surface area contributed by atoms with Crippen molar-refractivity contribution in [3.8, 4) is 0 Å². The fourth-order valence-electron chi connectivity index (χ4n) is 5.14. The predicted octanol–water partition coefficient (Wildman–Crippen LogP) is 4.51. The number of aliphatic hydroxyl groups excluding tert-OH is 1. The minimum absolute atomic E-state index is 0.0957. The molecular formula is C29H36N2O3S. The number of likely N-dealkylation sites (tertiary alicyclic amines) is 1. The molecule has 0 bridgehead atoms. The summed E-state index contributed by atoms with van der Waals surface area (Å²) in [5.74, 6) is 0.0957. The largest absolute Gasteiger partial charge is 0.395 e. The average Bonchev–Trinajstić information content (AvgIpc) is 2.92. The lowest BCUT2D eigenvalue weighted by Gasteiger charge is -2.41. The molecule has 3 aromatic carbocycles. The zero-order valence-electron chi connectivity index (χ0n) is 20.5. The molecule has 0 aliphatic carbocycles. The molecule has 3 aromatic rings. The van der Waals surface area contributed by atoms with Crippen LogP contribution in [0.5, 0.6) is 0 Å². The Bertz CT molecular complexity index is 1150. The molecule has 0 radical (unpaired) electrons. The van der Waals surface area contributed by atoms with Crippen LogP contribution in [0.2, 0.25) is 0 Å². The standard InChI is InChI=1S/C29H36N2O3S/c1-30(35(33,34)28-15-9-4-10-16-28)23-26(25-11-5-2-6-12-25)17-20-31-21-18-29(24-32,19-22-31)27-13-7-3-8-14-27/h2-16,26,32H,17-24H2,1H3. The minimum Gasteiger partial charge on any atom is -0.395 e. The van der Waals surface area contributed by atoms with Crippen LogP contribution in [-0.4, -0.2) is 62.6 Å². The second kappa shape index (κ2) is 11.5. The molecule has 35 heavy (non-hydrogen) atoms. The summed E-state index contributed by atoms with van der Waals surface area (Å²) >= 11 is 0. The smallest absolute Gasteiger partial charge is 0.242 e. The topological polar surface area (TPSA) is 60.9 Å². The number of hydrogen-bond donors (Lipinski definition) is 1. The van der Waals surface area contributed by atoms with Gasteiger partial charge in [-0.25, -0.2) is 12.7 Å². The first-order valence-electron chi connectivity index (χ1n) is 12.4. The molecule has 1 N–H and O–H groups in total. The first-order chi connectivity index (χ1) is 16.9. The molecule has 1 saturated heterocycles. The summed E-state index contributed by atoms with van der Waals surface area (Å²) in [5.41, 5.74) is 2.21. The number of likely N-dealkylation sites (N-methyl/N-ethyl adjacent to an activating group) is 1. The molecule has 0 saturated carbocycles. The maximum absolute atomic E-state index is 13.1. The summed E-state index contributed by atoms with van der Waals surface area (Å²) < 4.78 is 27.8. The lowest BCUT2D eigenvalue weighted by molar-refractivity contribution is 0.0990. The van der Waals surface area contributed by atoms with Gasteiger partial charge in [-0.05, 0) is 68.1 Å². The van der Waals surface area contributed by atoms with Gasteiger partial charge in [-0.3, -0.25) is 0 Å². The van der Waals surface area contributed by atoms with Crippen LogP contribution in [0.4, 0.5) is 0 Å². The van der Waals surface area contributed by atoms with E-state index in [2.05, 4.69) is 29.2 Å². The van der Waals surface area contributed by atoms with Gasteiger partial charge in [0.25, 0.3) is 0 Å². The highest BCUT2D eigenvalue weighted by Crippen LogP contribution is 2.35. The summed E-state index contributed by atoms with van der Waals surface area (Å²) in [6, 6.07) is 29.2. The quantitative estimate of drug-likeness (QED) is 0.453. The molecular weight excluding hydrogens is 456 g/mol. The lowest BCUT2D eigenvalue weighted by atomic mass is 9.73. The second-order valence-electron chi connectivity index (χ2n) is 9.64. The van der Waals surface area contributed by atoms with Gasteiger partial charge in [0.15, 0.2) is 0 Å². The number of hydrogen-bond acceptors (Lipinski definition) is 4. The van der Waals surface area contributed by atoms with Gasteiger partial charge in [0.05, 0.1) is 11.5 Å². The Morgan fingerprint density at radius 3 is 2.00 bits per heavy atom. The maximum Gasteiger partial charge on any atom is 0.242 e. The third kappa shape index (κ3) is 6.01. The van der Waals surface area contributed by atoms with E-state index in [-0.39, 0.29) is 17.9 Å². The molecule has 0 spiro atoms. The number of sulfonamides is 1. The highest BCUT2D eigenvalue weighted by Gasteiger charge is 2.35. The molecule has 4 rings (SSSR count). The van der Waals surface area contributed by atoms with E-state index in [0.717, 1.165) is 44.5 Å². The van der Waals surface area contributed by atoms with Gasteiger partial charge in [-0.1, -0.05) is 78.9 Å². The van der Waals surface area contributed by atoms with Crippen molar-refractivity contribution in [1.82, 2.24) is 9.21 Å². The summed E-state index contributed by atoms with van der Waals surface area (Å²) in [6.07, 6.45) is 2.72. The molecule has 0 amide bonds.